The van der Waals surface area contributed by atoms with Crippen molar-refractivity contribution in [3.63, 3.8) is 0 Å². The zero-order valence-electron chi connectivity index (χ0n) is 13.7. The first-order valence-corrected chi connectivity index (χ1v) is 8.73. The average molecular weight is 307 g/mol. The molecule has 1 aliphatic carbocycles. The summed E-state index contributed by atoms with van der Waals surface area (Å²) < 4.78 is 11.7. The second kappa shape index (κ2) is 7.97. The zero-order valence-corrected chi connectivity index (χ0v) is 13.7. The summed E-state index contributed by atoms with van der Waals surface area (Å²) in [4.78, 5) is 6.77. The molecule has 2 saturated heterocycles. The van der Waals surface area contributed by atoms with Crippen LogP contribution >= 0.6 is 0 Å². The molecule has 2 aliphatic heterocycles. The highest BCUT2D eigenvalue weighted by atomic mass is 16.5. The van der Waals surface area contributed by atoms with Gasteiger partial charge in [-0.05, 0) is 38.5 Å². The van der Waals surface area contributed by atoms with Crippen LogP contribution in [0, 0.1) is 0 Å². The molecule has 2 heterocycles. The van der Waals surface area contributed by atoms with E-state index in [1.165, 1.54) is 19.3 Å². The molecule has 2 unspecified atom stereocenters. The molecule has 0 amide bonds. The number of rotatable bonds is 4. The van der Waals surface area contributed by atoms with Crippen molar-refractivity contribution in [2.75, 3.05) is 39.9 Å². The highest BCUT2D eigenvalue weighted by molar-refractivity contribution is 5.80. The Kier molecular flexibility index (Phi) is 5.73. The molecular formula is C17H29N3O2. The highest BCUT2D eigenvalue weighted by Crippen LogP contribution is 2.21. The average Bonchev–Trinajstić information content (AvgIpc) is 3.25. The van der Waals surface area contributed by atoms with Crippen LogP contribution in [0.25, 0.3) is 0 Å². The predicted molar refractivity (Wildman–Crippen MR) is 88.2 cm³/mol. The maximum atomic E-state index is 5.91. The Labute approximate surface area is 133 Å². The van der Waals surface area contributed by atoms with Gasteiger partial charge in [-0.15, -0.1) is 0 Å². The van der Waals surface area contributed by atoms with Gasteiger partial charge >= 0.3 is 0 Å². The maximum Gasteiger partial charge on any atom is 0.193 e. The van der Waals surface area contributed by atoms with Crippen LogP contribution in [0.4, 0.5) is 0 Å². The molecule has 2 atom stereocenters. The monoisotopic (exact) mass is 307 g/mol. The molecule has 0 spiro atoms. The van der Waals surface area contributed by atoms with Crippen molar-refractivity contribution in [2.45, 2.75) is 50.7 Å². The number of nitrogens with one attached hydrogen (secondary N) is 1. The predicted octanol–water partition coefficient (Wildman–Crippen LogP) is 1.94. The fourth-order valence-electron chi connectivity index (χ4n) is 3.62. The minimum absolute atomic E-state index is 0.187. The van der Waals surface area contributed by atoms with Crippen molar-refractivity contribution in [3.05, 3.63) is 11.6 Å². The summed E-state index contributed by atoms with van der Waals surface area (Å²) in [6.45, 7) is 4.40. The molecular weight excluding hydrogens is 278 g/mol. The molecule has 124 valence electrons. The van der Waals surface area contributed by atoms with Gasteiger partial charge in [0.2, 0.25) is 0 Å². The first-order valence-electron chi connectivity index (χ1n) is 8.73. The van der Waals surface area contributed by atoms with Crippen LogP contribution in [-0.2, 0) is 9.47 Å². The SMILES string of the molecule is CN=C(NCCC1=CCCC1)N1CCOC(C2CCCO2)C1. The Balaban J connectivity index is 1.47. The van der Waals surface area contributed by atoms with E-state index >= 15 is 0 Å². The highest BCUT2D eigenvalue weighted by Gasteiger charge is 2.32. The summed E-state index contributed by atoms with van der Waals surface area (Å²) in [6.07, 6.45) is 10.1. The third-order valence-corrected chi connectivity index (χ3v) is 4.85. The maximum absolute atomic E-state index is 5.91. The van der Waals surface area contributed by atoms with Crippen LogP contribution in [0.1, 0.15) is 38.5 Å². The molecule has 0 radical (unpaired) electrons. The first kappa shape index (κ1) is 15.8. The number of guanidine groups is 1. The lowest BCUT2D eigenvalue weighted by atomic mass is 10.1. The first-order chi connectivity index (χ1) is 10.9. The number of aliphatic imine (C=N–C) groups is 1. The van der Waals surface area contributed by atoms with Gasteiger partial charge in [-0.3, -0.25) is 4.99 Å². The fourth-order valence-corrected chi connectivity index (χ4v) is 3.62. The van der Waals surface area contributed by atoms with Gasteiger partial charge in [-0.1, -0.05) is 11.6 Å². The third-order valence-electron chi connectivity index (χ3n) is 4.85. The molecule has 0 bridgehead atoms. The summed E-state index contributed by atoms with van der Waals surface area (Å²) in [5.41, 5.74) is 1.60. The van der Waals surface area contributed by atoms with E-state index in [0.717, 1.165) is 58.1 Å². The molecule has 0 aromatic rings. The number of ether oxygens (including phenoxy) is 2. The molecule has 5 heteroatoms. The molecule has 22 heavy (non-hydrogen) atoms. The van der Waals surface area contributed by atoms with E-state index in [9.17, 15) is 0 Å². The van der Waals surface area contributed by atoms with Gasteiger partial charge in [0.15, 0.2) is 5.96 Å². The van der Waals surface area contributed by atoms with E-state index < -0.39 is 0 Å². The van der Waals surface area contributed by atoms with Gasteiger partial charge in [-0.25, -0.2) is 0 Å². The smallest absolute Gasteiger partial charge is 0.193 e. The summed E-state index contributed by atoms with van der Waals surface area (Å²) in [7, 11) is 1.87. The van der Waals surface area contributed by atoms with Crippen molar-refractivity contribution in [1.29, 1.82) is 0 Å². The quantitative estimate of drug-likeness (QED) is 0.490. The lowest BCUT2D eigenvalue weighted by Gasteiger charge is -2.37. The van der Waals surface area contributed by atoms with Crippen LogP contribution in [0.5, 0.6) is 0 Å². The summed E-state index contributed by atoms with van der Waals surface area (Å²) in [6, 6.07) is 0. The number of hydrogen-bond acceptors (Lipinski definition) is 3. The molecule has 3 aliphatic rings. The number of allylic oxidation sites excluding steroid dienone is 1. The van der Waals surface area contributed by atoms with Crippen molar-refractivity contribution in [3.8, 4) is 0 Å². The van der Waals surface area contributed by atoms with Crippen LogP contribution in [0.2, 0.25) is 0 Å². The minimum Gasteiger partial charge on any atom is -0.375 e. The summed E-state index contributed by atoms with van der Waals surface area (Å²) in [5.74, 6) is 1.00. The van der Waals surface area contributed by atoms with Gasteiger partial charge in [0.25, 0.3) is 0 Å². The molecule has 0 aromatic heterocycles. The second-order valence-electron chi connectivity index (χ2n) is 6.39. The molecule has 0 saturated carbocycles. The number of hydrogen-bond donors (Lipinski definition) is 1. The minimum atomic E-state index is 0.187. The molecule has 1 N–H and O–H groups in total. The second-order valence-corrected chi connectivity index (χ2v) is 6.39. The normalized spacial score (nSPS) is 29.8. The largest absolute Gasteiger partial charge is 0.375 e. The lowest BCUT2D eigenvalue weighted by Crippen LogP contribution is -2.53. The Hall–Kier alpha value is -1.07. The Morgan fingerprint density at radius 3 is 2.95 bits per heavy atom. The van der Waals surface area contributed by atoms with Crippen molar-refractivity contribution < 1.29 is 9.47 Å². The number of nitrogens with zero attached hydrogens (tertiary/aromatic N) is 2. The van der Waals surface area contributed by atoms with Gasteiger partial charge in [0.1, 0.15) is 6.10 Å². The summed E-state index contributed by atoms with van der Waals surface area (Å²) in [5, 5.41) is 3.52. The van der Waals surface area contributed by atoms with Crippen molar-refractivity contribution in [1.82, 2.24) is 10.2 Å². The van der Waals surface area contributed by atoms with Crippen LogP contribution in [-0.4, -0.2) is 63.0 Å². The fraction of sp³-hybridized carbons (Fsp3) is 0.824. The molecule has 5 nitrogen and oxygen atoms in total. The van der Waals surface area contributed by atoms with E-state index in [1.807, 2.05) is 7.05 Å². The van der Waals surface area contributed by atoms with Gasteiger partial charge < -0.3 is 19.7 Å². The van der Waals surface area contributed by atoms with Gasteiger partial charge in [0, 0.05) is 33.3 Å². The summed E-state index contributed by atoms with van der Waals surface area (Å²) >= 11 is 0. The van der Waals surface area contributed by atoms with Crippen LogP contribution in [0.15, 0.2) is 16.6 Å². The lowest BCUT2D eigenvalue weighted by molar-refractivity contribution is -0.0816. The van der Waals surface area contributed by atoms with E-state index in [2.05, 4.69) is 21.3 Å². The van der Waals surface area contributed by atoms with E-state index in [-0.39, 0.29) is 12.2 Å². The van der Waals surface area contributed by atoms with Crippen LogP contribution in [0.3, 0.4) is 0 Å². The Morgan fingerprint density at radius 2 is 2.23 bits per heavy atom. The van der Waals surface area contributed by atoms with Gasteiger partial charge in [-0.2, -0.15) is 0 Å². The molecule has 3 rings (SSSR count). The van der Waals surface area contributed by atoms with Crippen molar-refractivity contribution in [2.24, 2.45) is 4.99 Å². The Bertz CT molecular complexity index is 416. The topological polar surface area (TPSA) is 46.1 Å². The number of morpholine rings is 1. The third kappa shape index (κ3) is 4.02. The Morgan fingerprint density at radius 1 is 1.32 bits per heavy atom. The van der Waals surface area contributed by atoms with E-state index in [4.69, 9.17) is 9.47 Å². The standard InChI is InChI=1S/C17H29N3O2/c1-18-17(19-9-8-14-5-2-3-6-14)20-10-12-22-16(13-20)15-7-4-11-21-15/h5,15-16H,2-4,6-13H2,1H3,(H,18,19). The van der Waals surface area contributed by atoms with Crippen LogP contribution < -0.4 is 5.32 Å². The molecule has 0 aromatic carbocycles. The molecule has 2 fully saturated rings. The van der Waals surface area contributed by atoms with Gasteiger partial charge in [0.05, 0.1) is 12.7 Å². The van der Waals surface area contributed by atoms with E-state index in [1.54, 1.807) is 5.57 Å². The van der Waals surface area contributed by atoms with Crippen molar-refractivity contribution >= 4 is 5.96 Å². The zero-order chi connectivity index (χ0) is 15.2. The van der Waals surface area contributed by atoms with E-state index in [0.29, 0.717) is 0 Å².